The van der Waals surface area contributed by atoms with Gasteiger partial charge in [-0.05, 0) is 0 Å². The molecule has 0 aliphatic heterocycles. The van der Waals surface area contributed by atoms with Crippen molar-refractivity contribution in [3.8, 4) is 0 Å². The highest BCUT2D eigenvalue weighted by molar-refractivity contribution is 5.85. The van der Waals surface area contributed by atoms with Gasteiger partial charge >= 0.3 is 5.97 Å². The number of carbonyl (C=O) groups excluding carboxylic acids is 1. The maximum absolute atomic E-state index is 10.2. The average Bonchev–Trinajstić information content (AvgIpc) is 2.03. The molecule has 0 aromatic carbocycles. The van der Waals surface area contributed by atoms with Crippen molar-refractivity contribution in [3.05, 3.63) is 18.2 Å². The monoisotopic (exact) mass is 170 g/mol. The second-order valence-electron chi connectivity index (χ2n) is 2.06. The SMILES string of the molecule is C=C(CCOCC=C=O)C(=O)O. The van der Waals surface area contributed by atoms with E-state index in [1.54, 1.807) is 0 Å². The Labute approximate surface area is 70.1 Å². The first-order valence-electron chi connectivity index (χ1n) is 3.36. The Balaban J connectivity index is 3.37. The van der Waals surface area contributed by atoms with Gasteiger partial charge in [0.15, 0.2) is 0 Å². The van der Waals surface area contributed by atoms with Crippen molar-refractivity contribution in [2.24, 2.45) is 0 Å². The molecule has 0 unspecified atom stereocenters. The van der Waals surface area contributed by atoms with Crippen LogP contribution in [0.25, 0.3) is 0 Å². The molecule has 1 N–H and O–H groups in total. The predicted molar refractivity (Wildman–Crippen MR) is 42.5 cm³/mol. The summed E-state index contributed by atoms with van der Waals surface area (Å²) in [7, 11) is 0. The van der Waals surface area contributed by atoms with Gasteiger partial charge in [0.1, 0.15) is 5.94 Å². The quantitative estimate of drug-likeness (QED) is 0.356. The lowest BCUT2D eigenvalue weighted by Gasteiger charge is -1.99. The molecular formula is C8H10O4. The summed E-state index contributed by atoms with van der Waals surface area (Å²) in [6.45, 7) is 3.72. The highest BCUT2D eigenvalue weighted by Gasteiger charge is 2.01. The topological polar surface area (TPSA) is 63.6 Å². The molecule has 0 aliphatic rings. The van der Waals surface area contributed by atoms with Gasteiger partial charge in [-0.15, -0.1) is 0 Å². The molecule has 12 heavy (non-hydrogen) atoms. The Morgan fingerprint density at radius 2 is 2.33 bits per heavy atom. The van der Waals surface area contributed by atoms with Crippen molar-refractivity contribution in [1.29, 1.82) is 0 Å². The molecule has 66 valence electrons. The normalized spacial score (nSPS) is 8.67. The van der Waals surface area contributed by atoms with Crippen LogP contribution >= 0.6 is 0 Å². The Kier molecular flexibility index (Phi) is 5.61. The minimum atomic E-state index is -1.02. The lowest BCUT2D eigenvalue weighted by molar-refractivity contribution is -0.132. The van der Waals surface area contributed by atoms with Crippen molar-refractivity contribution in [1.82, 2.24) is 0 Å². The van der Waals surface area contributed by atoms with Crippen molar-refractivity contribution >= 4 is 11.9 Å². The van der Waals surface area contributed by atoms with Crippen molar-refractivity contribution < 1.29 is 19.4 Å². The van der Waals surface area contributed by atoms with E-state index in [0.717, 1.165) is 0 Å². The zero-order chi connectivity index (χ0) is 9.40. The molecule has 0 saturated carbocycles. The van der Waals surface area contributed by atoms with Crippen LogP contribution in [0.5, 0.6) is 0 Å². The van der Waals surface area contributed by atoms with Gasteiger partial charge < -0.3 is 9.84 Å². The molecule has 0 rings (SSSR count). The minimum Gasteiger partial charge on any atom is -0.478 e. The van der Waals surface area contributed by atoms with Gasteiger partial charge in [0.2, 0.25) is 0 Å². The van der Waals surface area contributed by atoms with E-state index < -0.39 is 5.97 Å². The number of hydrogen-bond donors (Lipinski definition) is 1. The van der Waals surface area contributed by atoms with E-state index in [1.165, 1.54) is 12.0 Å². The molecule has 0 radical (unpaired) electrons. The van der Waals surface area contributed by atoms with Crippen LogP contribution in [0.4, 0.5) is 0 Å². The van der Waals surface area contributed by atoms with Gasteiger partial charge in [0, 0.05) is 18.1 Å². The third-order valence-electron chi connectivity index (χ3n) is 1.14. The van der Waals surface area contributed by atoms with Gasteiger partial charge in [-0.2, -0.15) is 0 Å². The van der Waals surface area contributed by atoms with Crippen LogP contribution in [0.1, 0.15) is 6.42 Å². The summed E-state index contributed by atoms with van der Waals surface area (Å²) in [5.74, 6) is 0.516. The van der Waals surface area contributed by atoms with Crippen LogP contribution < -0.4 is 0 Å². The summed E-state index contributed by atoms with van der Waals surface area (Å²) in [6, 6.07) is 0. The summed E-state index contributed by atoms with van der Waals surface area (Å²) in [5, 5.41) is 8.36. The molecule has 0 aromatic rings. The second-order valence-corrected chi connectivity index (χ2v) is 2.06. The molecule has 0 fully saturated rings. The third-order valence-corrected chi connectivity index (χ3v) is 1.14. The van der Waals surface area contributed by atoms with Crippen molar-refractivity contribution in [2.75, 3.05) is 13.2 Å². The molecular weight excluding hydrogens is 160 g/mol. The number of rotatable bonds is 6. The van der Waals surface area contributed by atoms with Crippen molar-refractivity contribution in [2.45, 2.75) is 6.42 Å². The summed E-state index contributed by atoms with van der Waals surface area (Å²) < 4.78 is 4.85. The fraction of sp³-hybridized carbons (Fsp3) is 0.375. The highest BCUT2D eigenvalue weighted by Crippen LogP contribution is 1.97. The Morgan fingerprint density at radius 3 is 2.83 bits per heavy atom. The maximum atomic E-state index is 10.2. The number of ether oxygens (including phenoxy) is 1. The molecule has 0 spiro atoms. The average molecular weight is 170 g/mol. The summed E-state index contributed by atoms with van der Waals surface area (Å²) >= 11 is 0. The van der Waals surface area contributed by atoms with Gasteiger partial charge in [-0.3, -0.25) is 0 Å². The fourth-order valence-corrected chi connectivity index (χ4v) is 0.479. The van der Waals surface area contributed by atoms with E-state index in [-0.39, 0.29) is 25.2 Å². The third kappa shape index (κ3) is 5.41. The molecule has 0 aromatic heterocycles. The van der Waals surface area contributed by atoms with Crippen LogP contribution in [-0.4, -0.2) is 30.2 Å². The molecule has 0 heterocycles. The number of carboxylic acids is 1. The van der Waals surface area contributed by atoms with Gasteiger partial charge in [-0.1, -0.05) is 6.58 Å². The Bertz CT molecular complexity index is 213. The smallest absolute Gasteiger partial charge is 0.331 e. The molecule has 0 bridgehead atoms. The number of carboxylic acid groups (broad SMARTS) is 1. The lowest BCUT2D eigenvalue weighted by Crippen LogP contribution is -2.03. The second kappa shape index (κ2) is 6.34. The van der Waals surface area contributed by atoms with Gasteiger partial charge in [-0.25, -0.2) is 9.59 Å². The highest BCUT2D eigenvalue weighted by atomic mass is 16.5. The van der Waals surface area contributed by atoms with E-state index in [4.69, 9.17) is 9.84 Å². The van der Waals surface area contributed by atoms with Crippen LogP contribution in [0, 0.1) is 0 Å². The molecule has 0 amide bonds. The van der Waals surface area contributed by atoms with Crippen LogP contribution in [0.3, 0.4) is 0 Å². The summed E-state index contributed by atoms with van der Waals surface area (Å²) in [5.41, 5.74) is 0.102. The first-order valence-corrected chi connectivity index (χ1v) is 3.36. The van der Waals surface area contributed by atoms with Crippen molar-refractivity contribution in [3.63, 3.8) is 0 Å². The number of hydrogen-bond acceptors (Lipinski definition) is 3. The molecule has 0 aliphatic carbocycles. The Hall–Kier alpha value is -1.38. The fourth-order valence-electron chi connectivity index (χ4n) is 0.479. The van der Waals surface area contributed by atoms with Crippen LogP contribution in [0.15, 0.2) is 18.2 Å². The van der Waals surface area contributed by atoms with E-state index in [2.05, 4.69) is 6.58 Å². The molecule has 4 nitrogen and oxygen atoms in total. The molecule has 0 saturated heterocycles. The summed E-state index contributed by atoms with van der Waals surface area (Å²) in [4.78, 5) is 19.8. The predicted octanol–water partition coefficient (Wildman–Crippen LogP) is 0.422. The standard InChI is InChI=1S/C8H10O4/c1-7(8(10)11)3-6-12-5-2-4-9/h2H,1,3,5-6H2,(H,10,11). The van der Waals surface area contributed by atoms with Crippen LogP contribution in [-0.2, 0) is 14.3 Å². The van der Waals surface area contributed by atoms with E-state index in [0.29, 0.717) is 0 Å². The largest absolute Gasteiger partial charge is 0.478 e. The number of aliphatic carboxylic acids is 1. The van der Waals surface area contributed by atoms with Gasteiger partial charge in [0.05, 0.1) is 13.2 Å². The zero-order valence-corrected chi connectivity index (χ0v) is 6.58. The molecule has 4 heteroatoms. The first-order chi connectivity index (χ1) is 5.68. The first kappa shape index (κ1) is 10.6. The van der Waals surface area contributed by atoms with E-state index in [1.807, 2.05) is 0 Å². The summed E-state index contributed by atoms with van der Waals surface area (Å²) in [6.07, 6.45) is 1.45. The van der Waals surface area contributed by atoms with E-state index in [9.17, 15) is 9.59 Å². The van der Waals surface area contributed by atoms with Gasteiger partial charge in [0.25, 0.3) is 0 Å². The zero-order valence-electron chi connectivity index (χ0n) is 6.58. The Morgan fingerprint density at radius 1 is 1.67 bits per heavy atom. The van der Waals surface area contributed by atoms with Crippen LogP contribution in [0.2, 0.25) is 0 Å². The minimum absolute atomic E-state index is 0.102. The molecule has 0 atom stereocenters. The number of carbonyl (C=O) groups is 1. The van der Waals surface area contributed by atoms with E-state index >= 15 is 0 Å². The lowest BCUT2D eigenvalue weighted by atomic mass is 10.2. The maximum Gasteiger partial charge on any atom is 0.331 e.